The number of nitrogens with zero attached hydrogens (tertiary/aromatic N) is 1. The van der Waals surface area contributed by atoms with Crippen molar-refractivity contribution in [2.24, 2.45) is 0 Å². The lowest BCUT2D eigenvalue weighted by molar-refractivity contribution is -0.137. The molecule has 1 N–H and O–H groups in total. The molecule has 0 aromatic heterocycles. The van der Waals surface area contributed by atoms with Crippen molar-refractivity contribution in [2.75, 3.05) is 26.2 Å². The zero-order valence-electron chi connectivity index (χ0n) is 12.8. The highest BCUT2D eigenvalue weighted by atomic mass is 16.5. The molecule has 0 saturated carbocycles. The first kappa shape index (κ1) is 16.0. The van der Waals surface area contributed by atoms with Gasteiger partial charge in [-0.1, -0.05) is 29.8 Å². The van der Waals surface area contributed by atoms with Gasteiger partial charge in [-0.05, 0) is 31.7 Å². The average molecular weight is 291 g/mol. The maximum atomic E-state index is 10.8. The minimum Gasteiger partial charge on any atom is -0.481 e. The number of ether oxygens (including phenoxy) is 1. The van der Waals surface area contributed by atoms with Crippen LogP contribution in [0.4, 0.5) is 0 Å². The van der Waals surface area contributed by atoms with Gasteiger partial charge in [-0.2, -0.15) is 0 Å². The average Bonchev–Trinajstić information content (AvgIpc) is 2.96. The highest BCUT2D eigenvalue weighted by Crippen LogP contribution is 2.14. The van der Waals surface area contributed by atoms with Gasteiger partial charge in [0.25, 0.3) is 0 Å². The predicted molar refractivity (Wildman–Crippen MR) is 82.5 cm³/mol. The van der Waals surface area contributed by atoms with Gasteiger partial charge >= 0.3 is 5.97 Å². The largest absolute Gasteiger partial charge is 0.481 e. The summed E-state index contributed by atoms with van der Waals surface area (Å²) < 4.78 is 5.67. The van der Waals surface area contributed by atoms with Crippen LogP contribution in [0, 0.1) is 6.92 Å². The SMILES string of the molecule is Cc1ccc(CCN(CCC(=O)O)CC2CCCO2)cc1. The van der Waals surface area contributed by atoms with Gasteiger partial charge in [-0.15, -0.1) is 0 Å². The van der Waals surface area contributed by atoms with Crippen LogP contribution in [0.1, 0.15) is 30.4 Å². The van der Waals surface area contributed by atoms with Crippen molar-refractivity contribution in [3.05, 3.63) is 35.4 Å². The lowest BCUT2D eigenvalue weighted by Crippen LogP contribution is -2.35. The van der Waals surface area contributed by atoms with Gasteiger partial charge < -0.3 is 9.84 Å². The molecular weight excluding hydrogens is 266 g/mol. The maximum Gasteiger partial charge on any atom is 0.304 e. The summed E-state index contributed by atoms with van der Waals surface area (Å²) in [4.78, 5) is 13.0. The summed E-state index contributed by atoms with van der Waals surface area (Å²) in [5.41, 5.74) is 2.56. The fourth-order valence-electron chi connectivity index (χ4n) is 2.67. The number of hydrogen-bond donors (Lipinski definition) is 1. The Labute approximate surface area is 126 Å². The lowest BCUT2D eigenvalue weighted by Gasteiger charge is -2.24. The van der Waals surface area contributed by atoms with E-state index < -0.39 is 5.97 Å². The van der Waals surface area contributed by atoms with Gasteiger partial charge in [0.15, 0.2) is 0 Å². The van der Waals surface area contributed by atoms with E-state index in [9.17, 15) is 4.79 Å². The molecule has 1 aliphatic rings. The van der Waals surface area contributed by atoms with Crippen LogP contribution in [0.15, 0.2) is 24.3 Å². The molecule has 1 atom stereocenters. The molecule has 4 heteroatoms. The summed E-state index contributed by atoms with van der Waals surface area (Å²) in [6, 6.07) is 8.54. The van der Waals surface area contributed by atoms with Crippen molar-refractivity contribution in [2.45, 2.75) is 38.7 Å². The van der Waals surface area contributed by atoms with Gasteiger partial charge in [-0.3, -0.25) is 9.69 Å². The Bertz CT molecular complexity index is 438. The summed E-state index contributed by atoms with van der Waals surface area (Å²) in [5.74, 6) is -0.734. The fraction of sp³-hybridized carbons (Fsp3) is 0.588. The first-order valence-electron chi connectivity index (χ1n) is 7.75. The van der Waals surface area contributed by atoms with E-state index in [1.807, 2.05) is 0 Å². The Morgan fingerprint density at radius 2 is 2.10 bits per heavy atom. The Morgan fingerprint density at radius 1 is 1.33 bits per heavy atom. The lowest BCUT2D eigenvalue weighted by atomic mass is 10.1. The molecule has 1 fully saturated rings. The number of carbonyl (C=O) groups is 1. The van der Waals surface area contributed by atoms with E-state index in [0.717, 1.165) is 39.0 Å². The quantitative estimate of drug-likeness (QED) is 0.799. The molecule has 0 spiro atoms. The molecule has 0 amide bonds. The van der Waals surface area contributed by atoms with Crippen LogP contribution in [-0.4, -0.2) is 48.3 Å². The first-order chi connectivity index (χ1) is 10.1. The number of carboxylic acids is 1. The number of rotatable bonds is 8. The van der Waals surface area contributed by atoms with Crippen molar-refractivity contribution < 1.29 is 14.6 Å². The molecule has 1 heterocycles. The second-order valence-corrected chi connectivity index (χ2v) is 5.81. The zero-order valence-corrected chi connectivity index (χ0v) is 12.8. The van der Waals surface area contributed by atoms with Crippen LogP contribution in [0.2, 0.25) is 0 Å². The van der Waals surface area contributed by atoms with E-state index in [2.05, 4.69) is 36.1 Å². The Hall–Kier alpha value is -1.39. The molecule has 1 aromatic carbocycles. The van der Waals surface area contributed by atoms with Crippen molar-refractivity contribution in [3.8, 4) is 0 Å². The van der Waals surface area contributed by atoms with Gasteiger partial charge in [0.05, 0.1) is 12.5 Å². The molecular formula is C17H25NO3. The zero-order chi connectivity index (χ0) is 15.1. The van der Waals surface area contributed by atoms with Crippen molar-refractivity contribution in [3.63, 3.8) is 0 Å². The number of carboxylic acid groups (broad SMARTS) is 1. The Kier molecular flexibility index (Phi) is 6.21. The van der Waals surface area contributed by atoms with E-state index >= 15 is 0 Å². The van der Waals surface area contributed by atoms with Crippen LogP contribution < -0.4 is 0 Å². The molecule has 0 bridgehead atoms. The highest BCUT2D eigenvalue weighted by molar-refractivity contribution is 5.66. The highest BCUT2D eigenvalue weighted by Gasteiger charge is 2.19. The van der Waals surface area contributed by atoms with Gasteiger partial charge in [0.1, 0.15) is 0 Å². The topological polar surface area (TPSA) is 49.8 Å². The molecule has 1 aromatic rings. The van der Waals surface area contributed by atoms with Crippen LogP contribution in [-0.2, 0) is 16.0 Å². The van der Waals surface area contributed by atoms with E-state index in [4.69, 9.17) is 9.84 Å². The second-order valence-electron chi connectivity index (χ2n) is 5.81. The molecule has 1 aliphatic heterocycles. The summed E-state index contributed by atoms with van der Waals surface area (Å²) in [6.45, 7) is 5.26. The Balaban J connectivity index is 1.84. The Morgan fingerprint density at radius 3 is 2.71 bits per heavy atom. The van der Waals surface area contributed by atoms with Crippen molar-refractivity contribution >= 4 is 5.97 Å². The monoisotopic (exact) mass is 291 g/mol. The van der Waals surface area contributed by atoms with E-state index in [0.29, 0.717) is 6.54 Å². The third-order valence-corrected chi connectivity index (χ3v) is 3.97. The third-order valence-electron chi connectivity index (χ3n) is 3.97. The number of aryl methyl sites for hydroxylation is 1. The molecule has 21 heavy (non-hydrogen) atoms. The minimum absolute atomic E-state index is 0.195. The first-order valence-corrected chi connectivity index (χ1v) is 7.75. The smallest absolute Gasteiger partial charge is 0.304 e. The van der Waals surface area contributed by atoms with E-state index in [1.54, 1.807) is 0 Å². The molecule has 1 unspecified atom stereocenters. The summed E-state index contributed by atoms with van der Waals surface area (Å²) in [7, 11) is 0. The van der Waals surface area contributed by atoms with E-state index in [1.165, 1.54) is 11.1 Å². The van der Waals surface area contributed by atoms with Gasteiger partial charge in [0, 0.05) is 26.2 Å². The second kappa shape index (κ2) is 8.15. The standard InChI is InChI=1S/C17H25NO3/c1-14-4-6-15(7-5-14)8-10-18(11-9-17(19)20)13-16-3-2-12-21-16/h4-7,16H,2-3,8-13H2,1H3,(H,19,20). The molecule has 116 valence electrons. The summed E-state index contributed by atoms with van der Waals surface area (Å²) >= 11 is 0. The molecule has 4 nitrogen and oxygen atoms in total. The third kappa shape index (κ3) is 5.86. The fourth-order valence-corrected chi connectivity index (χ4v) is 2.67. The number of aliphatic carboxylic acids is 1. The molecule has 0 aliphatic carbocycles. The predicted octanol–water partition coefficient (Wildman–Crippen LogP) is 2.49. The number of benzene rings is 1. The summed E-state index contributed by atoms with van der Waals surface area (Å²) in [5, 5.41) is 8.88. The van der Waals surface area contributed by atoms with Gasteiger partial charge in [-0.25, -0.2) is 0 Å². The summed E-state index contributed by atoms with van der Waals surface area (Å²) in [6.07, 6.45) is 3.63. The van der Waals surface area contributed by atoms with Crippen molar-refractivity contribution in [1.29, 1.82) is 0 Å². The van der Waals surface area contributed by atoms with Crippen LogP contribution >= 0.6 is 0 Å². The van der Waals surface area contributed by atoms with E-state index in [-0.39, 0.29) is 12.5 Å². The van der Waals surface area contributed by atoms with Crippen LogP contribution in [0.5, 0.6) is 0 Å². The molecule has 0 radical (unpaired) electrons. The number of hydrogen-bond acceptors (Lipinski definition) is 3. The van der Waals surface area contributed by atoms with Crippen LogP contribution in [0.25, 0.3) is 0 Å². The normalized spacial score (nSPS) is 18.3. The van der Waals surface area contributed by atoms with Crippen LogP contribution in [0.3, 0.4) is 0 Å². The van der Waals surface area contributed by atoms with Gasteiger partial charge in [0.2, 0.25) is 0 Å². The maximum absolute atomic E-state index is 10.8. The molecule has 2 rings (SSSR count). The van der Waals surface area contributed by atoms with Crippen molar-refractivity contribution in [1.82, 2.24) is 4.90 Å². The minimum atomic E-state index is -0.734. The molecule has 1 saturated heterocycles.